The molecule has 3 heteroatoms. The Labute approximate surface area is 347 Å². The van der Waals surface area contributed by atoms with Gasteiger partial charge in [0.15, 0.2) is 5.82 Å². The Morgan fingerprint density at radius 3 is 1.51 bits per heavy atom. The van der Waals surface area contributed by atoms with Gasteiger partial charge in [-0.3, -0.25) is 0 Å². The molecule has 0 aliphatic carbocycles. The van der Waals surface area contributed by atoms with Gasteiger partial charge in [0.2, 0.25) is 0 Å². The van der Waals surface area contributed by atoms with Crippen LogP contribution in [0.3, 0.4) is 0 Å². The van der Waals surface area contributed by atoms with Crippen LogP contribution in [0.25, 0.3) is 109 Å². The summed E-state index contributed by atoms with van der Waals surface area (Å²) in [6, 6.07) is 78.3. The smallest absolute Gasteiger partial charge is 0.160 e. The minimum Gasteiger partial charge on any atom is -0.226 e. The van der Waals surface area contributed by atoms with Gasteiger partial charge in [-0.15, -0.1) is 11.3 Å². The molecule has 0 fully saturated rings. The number of rotatable bonds is 7. The molecule has 59 heavy (non-hydrogen) atoms. The molecule has 0 bridgehead atoms. The second-order valence-electron chi connectivity index (χ2n) is 15.0. The van der Waals surface area contributed by atoms with Crippen LogP contribution in [-0.4, -0.2) is 9.97 Å². The van der Waals surface area contributed by atoms with Gasteiger partial charge in [0.1, 0.15) is 0 Å². The first-order chi connectivity index (χ1) is 29.2. The lowest BCUT2D eigenvalue weighted by Gasteiger charge is -2.14. The van der Waals surface area contributed by atoms with Crippen molar-refractivity contribution in [3.63, 3.8) is 0 Å². The number of hydrogen-bond acceptors (Lipinski definition) is 3. The van der Waals surface area contributed by atoms with Crippen molar-refractivity contribution in [2.24, 2.45) is 0 Å². The van der Waals surface area contributed by atoms with Gasteiger partial charge in [0, 0.05) is 21.2 Å². The fourth-order valence-corrected chi connectivity index (χ4v) is 9.49. The maximum absolute atomic E-state index is 5.37. The zero-order valence-electron chi connectivity index (χ0n) is 32.1. The number of nitrogens with zero attached hydrogens (tertiary/aromatic N) is 2. The molecule has 11 rings (SSSR count). The van der Waals surface area contributed by atoms with Crippen LogP contribution in [0.4, 0.5) is 0 Å². The van der Waals surface area contributed by atoms with Crippen molar-refractivity contribution in [1.29, 1.82) is 0 Å². The number of thiophene rings is 1. The first kappa shape index (κ1) is 34.8. The Hall–Kier alpha value is -7.46. The fraction of sp³-hybridized carbons (Fsp3) is 0. The van der Waals surface area contributed by atoms with Gasteiger partial charge in [-0.1, -0.05) is 176 Å². The molecule has 0 aliphatic rings. The molecule has 0 N–H and O–H groups in total. The Morgan fingerprint density at radius 2 is 0.763 bits per heavy atom. The van der Waals surface area contributed by atoms with Gasteiger partial charge < -0.3 is 0 Å². The molecule has 0 amide bonds. The molecular formula is C56H36N2S. The van der Waals surface area contributed by atoms with Crippen molar-refractivity contribution < 1.29 is 0 Å². The molecule has 0 radical (unpaired) electrons. The Balaban J connectivity index is 1.03. The highest BCUT2D eigenvalue weighted by molar-refractivity contribution is 7.26. The Morgan fingerprint density at radius 1 is 0.305 bits per heavy atom. The molecule has 0 atom stereocenters. The third-order valence-corrected chi connectivity index (χ3v) is 12.4. The van der Waals surface area contributed by atoms with Gasteiger partial charge in [-0.2, -0.15) is 0 Å². The maximum Gasteiger partial charge on any atom is 0.160 e. The second kappa shape index (κ2) is 14.8. The van der Waals surface area contributed by atoms with E-state index in [-0.39, 0.29) is 0 Å². The fourth-order valence-electron chi connectivity index (χ4n) is 8.33. The maximum atomic E-state index is 5.37. The van der Waals surface area contributed by atoms with Crippen LogP contribution < -0.4 is 0 Å². The summed E-state index contributed by atoms with van der Waals surface area (Å²) in [5, 5.41) is 3.64. The lowest BCUT2D eigenvalue weighted by atomic mass is 9.90. The van der Waals surface area contributed by atoms with E-state index < -0.39 is 0 Å². The summed E-state index contributed by atoms with van der Waals surface area (Å²) in [4.78, 5) is 10.7. The van der Waals surface area contributed by atoms with E-state index in [1.807, 2.05) is 0 Å². The molecule has 0 aliphatic heterocycles. The lowest BCUT2D eigenvalue weighted by molar-refractivity contribution is 1.24. The zero-order chi connectivity index (χ0) is 39.1. The minimum absolute atomic E-state index is 0.717. The summed E-state index contributed by atoms with van der Waals surface area (Å²) < 4.78 is 2.31. The molecule has 0 saturated carbocycles. The van der Waals surface area contributed by atoms with Crippen LogP contribution in [0.2, 0.25) is 0 Å². The van der Waals surface area contributed by atoms with E-state index in [4.69, 9.17) is 9.97 Å². The highest BCUT2D eigenvalue weighted by atomic mass is 32.1. The van der Waals surface area contributed by atoms with Crippen molar-refractivity contribution in [2.75, 3.05) is 0 Å². The molecule has 0 saturated heterocycles. The predicted octanol–water partition coefficient (Wildman–Crippen LogP) is 15.7. The van der Waals surface area contributed by atoms with Crippen molar-refractivity contribution in [3.05, 3.63) is 218 Å². The third kappa shape index (κ3) is 6.58. The molecule has 2 nitrogen and oxygen atoms in total. The number of aromatic nitrogens is 2. The van der Waals surface area contributed by atoms with E-state index >= 15 is 0 Å². The van der Waals surface area contributed by atoms with Gasteiger partial charge in [0.05, 0.1) is 15.9 Å². The monoisotopic (exact) mass is 768 g/mol. The summed E-state index contributed by atoms with van der Waals surface area (Å²) in [6.07, 6.45) is 0. The van der Waals surface area contributed by atoms with E-state index in [0.29, 0.717) is 0 Å². The van der Waals surface area contributed by atoms with Crippen LogP contribution in [0.1, 0.15) is 0 Å². The van der Waals surface area contributed by atoms with Crippen LogP contribution in [0.15, 0.2) is 218 Å². The Kier molecular flexibility index (Phi) is 8.72. The topological polar surface area (TPSA) is 25.8 Å². The van der Waals surface area contributed by atoms with Crippen LogP contribution in [-0.2, 0) is 0 Å². The number of hydrogen-bond donors (Lipinski definition) is 0. The lowest BCUT2D eigenvalue weighted by Crippen LogP contribution is -1.94. The van der Waals surface area contributed by atoms with E-state index in [2.05, 4.69) is 218 Å². The van der Waals surface area contributed by atoms with E-state index in [1.165, 1.54) is 48.9 Å². The zero-order valence-corrected chi connectivity index (χ0v) is 32.9. The van der Waals surface area contributed by atoms with Crippen LogP contribution in [0.5, 0.6) is 0 Å². The largest absolute Gasteiger partial charge is 0.226 e. The van der Waals surface area contributed by atoms with Gasteiger partial charge in [0.25, 0.3) is 0 Å². The molecule has 0 spiro atoms. The molecule has 2 aromatic heterocycles. The number of fused-ring (bicyclic) bond motifs is 4. The molecule has 276 valence electrons. The molecule has 11 aromatic rings. The summed E-state index contributed by atoms with van der Waals surface area (Å²) in [6.45, 7) is 0. The van der Waals surface area contributed by atoms with Crippen LogP contribution in [0, 0.1) is 0 Å². The van der Waals surface area contributed by atoms with E-state index in [1.54, 1.807) is 11.3 Å². The van der Waals surface area contributed by atoms with E-state index in [9.17, 15) is 0 Å². The Bertz CT molecular complexity index is 3320. The van der Waals surface area contributed by atoms with Crippen molar-refractivity contribution in [1.82, 2.24) is 9.97 Å². The molecule has 2 heterocycles. The van der Waals surface area contributed by atoms with Gasteiger partial charge >= 0.3 is 0 Å². The highest BCUT2D eigenvalue weighted by Crippen LogP contribution is 2.41. The van der Waals surface area contributed by atoms with Gasteiger partial charge in [-0.05, 0) is 109 Å². The highest BCUT2D eigenvalue weighted by Gasteiger charge is 2.18. The standard InChI is InChI=1S/C56H36N2S/c1-3-15-37(16-4-1)40-21-12-25-44(32-40)53-55-54(51-28-9-10-30-52(51)59-55)58-56(57-53)45-26-13-23-42(33-45)41-22-11-24-43(31-41)47-34-46(38-17-5-2-6-18-38)35-48(36-47)50-29-14-20-39-19-7-8-27-49(39)50/h1-36H. The third-order valence-electron chi connectivity index (χ3n) is 11.3. The molecule has 9 aromatic carbocycles. The first-order valence-electron chi connectivity index (χ1n) is 20.0. The van der Waals surface area contributed by atoms with Gasteiger partial charge in [-0.25, -0.2) is 9.97 Å². The van der Waals surface area contributed by atoms with Crippen molar-refractivity contribution in [3.8, 4) is 78.3 Å². The quantitative estimate of drug-likeness (QED) is 0.161. The SMILES string of the molecule is c1ccc(-c2cc(-c3cccc(-c4cccc(-c5nc(-c6cccc(-c7ccccc7)c6)c6sc7ccccc7c6n5)c4)c3)cc(-c3cccc4ccccc34)c2)cc1. The van der Waals surface area contributed by atoms with Crippen LogP contribution >= 0.6 is 11.3 Å². The summed E-state index contributed by atoms with van der Waals surface area (Å²) >= 11 is 1.76. The summed E-state index contributed by atoms with van der Waals surface area (Å²) in [7, 11) is 0. The predicted molar refractivity (Wildman–Crippen MR) is 250 cm³/mol. The van der Waals surface area contributed by atoms with Crippen molar-refractivity contribution in [2.45, 2.75) is 0 Å². The average molecular weight is 769 g/mol. The summed E-state index contributed by atoms with van der Waals surface area (Å²) in [5.41, 5.74) is 15.8. The number of benzene rings is 9. The first-order valence-corrected chi connectivity index (χ1v) is 20.8. The second-order valence-corrected chi connectivity index (χ2v) is 16.0. The van der Waals surface area contributed by atoms with E-state index in [0.717, 1.165) is 60.5 Å². The normalized spacial score (nSPS) is 11.4. The summed E-state index contributed by atoms with van der Waals surface area (Å²) in [5.74, 6) is 0.717. The molecule has 0 unspecified atom stereocenters. The van der Waals surface area contributed by atoms with Crippen molar-refractivity contribution >= 4 is 42.4 Å². The molecular weight excluding hydrogens is 733 g/mol. The minimum atomic E-state index is 0.717. The average Bonchev–Trinajstić information content (AvgIpc) is 3.70.